The van der Waals surface area contributed by atoms with Gasteiger partial charge in [0.2, 0.25) is 0 Å². The average molecular weight is 318 g/mol. The van der Waals surface area contributed by atoms with E-state index in [1.165, 1.54) is 0 Å². The van der Waals surface area contributed by atoms with Gasteiger partial charge in [0.15, 0.2) is 5.78 Å². The molecule has 0 atom stereocenters. The fourth-order valence-corrected chi connectivity index (χ4v) is 2.73. The van der Waals surface area contributed by atoms with E-state index < -0.39 is 0 Å². The summed E-state index contributed by atoms with van der Waals surface area (Å²) in [6.07, 6.45) is 3.30. The van der Waals surface area contributed by atoms with Gasteiger partial charge in [0.25, 0.3) is 0 Å². The van der Waals surface area contributed by atoms with Crippen molar-refractivity contribution < 1.29 is 14.3 Å². The Bertz CT molecular complexity index is 882. The van der Waals surface area contributed by atoms with Gasteiger partial charge in [0.1, 0.15) is 11.5 Å². The van der Waals surface area contributed by atoms with Gasteiger partial charge in [-0.3, -0.25) is 4.79 Å². The van der Waals surface area contributed by atoms with Crippen molar-refractivity contribution in [2.24, 2.45) is 0 Å². The molecule has 0 heterocycles. The van der Waals surface area contributed by atoms with Gasteiger partial charge in [-0.15, -0.1) is 0 Å². The lowest BCUT2D eigenvalue weighted by Gasteiger charge is -2.09. The fraction of sp³-hybridized carbons (Fsp3) is 0.0952. The van der Waals surface area contributed by atoms with Crippen LogP contribution in [0.4, 0.5) is 0 Å². The summed E-state index contributed by atoms with van der Waals surface area (Å²) in [5.74, 6) is 1.27. The molecule has 0 aliphatic heterocycles. The molecule has 3 aromatic rings. The predicted octanol–water partition coefficient (Wildman–Crippen LogP) is 4.75. The van der Waals surface area contributed by atoms with Crippen molar-refractivity contribution in [3.05, 3.63) is 77.9 Å². The normalized spacial score (nSPS) is 10.9. The first kappa shape index (κ1) is 15.8. The molecule has 0 fully saturated rings. The van der Waals surface area contributed by atoms with E-state index in [-0.39, 0.29) is 5.78 Å². The molecule has 0 saturated heterocycles. The molecule has 0 N–H and O–H groups in total. The van der Waals surface area contributed by atoms with Crippen molar-refractivity contribution in [1.29, 1.82) is 0 Å². The minimum atomic E-state index is -0.0558. The summed E-state index contributed by atoms with van der Waals surface area (Å²) in [5.41, 5.74) is 1.43. The minimum absolute atomic E-state index is 0.0558. The molecule has 0 bridgehead atoms. The maximum absolute atomic E-state index is 12.7. The van der Waals surface area contributed by atoms with Gasteiger partial charge < -0.3 is 9.47 Å². The zero-order chi connectivity index (χ0) is 16.9. The van der Waals surface area contributed by atoms with Gasteiger partial charge in [-0.2, -0.15) is 0 Å². The van der Waals surface area contributed by atoms with Crippen LogP contribution in [0.1, 0.15) is 15.9 Å². The van der Waals surface area contributed by atoms with Crippen molar-refractivity contribution >= 4 is 22.6 Å². The SMILES string of the molecule is COc1cccc(OC)c1/C=C/C(=O)c1cccc2ccccc12. The van der Waals surface area contributed by atoms with Crippen LogP contribution in [0.25, 0.3) is 16.8 Å². The number of carbonyl (C=O) groups is 1. The number of hydrogen-bond donors (Lipinski definition) is 0. The Morgan fingerprint density at radius 2 is 1.46 bits per heavy atom. The van der Waals surface area contributed by atoms with E-state index in [1.807, 2.05) is 60.7 Å². The summed E-state index contributed by atoms with van der Waals surface area (Å²) in [6, 6.07) is 19.1. The Morgan fingerprint density at radius 1 is 0.833 bits per heavy atom. The molecule has 3 rings (SSSR count). The standard InChI is InChI=1S/C21H18O3/c1-23-20-11-6-12-21(24-2)18(20)13-14-19(22)17-10-5-8-15-7-3-4-9-16(15)17/h3-14H,1-2H3/b14-13+. The van der Waals surface area contributed by atoms with Crippen molar-refractivity contribution in [3.8, 4) is 11.5 Å². The first-order chi connectivity index (χ1) is 11.7. The predicted molar refractivity (Wildman–Crippen MR) is 96.9 cm³/mol. The molecular formula is C21H18O3. The van der Waals surface area contributed by atoms with E-state index in [9.17, 15) is 4.79 Å². The van der Waals surface area contributed by atoms with Gasteiger partial charge in [-0.05, 0) is 35.1 Å². The Balaban J connectivity index is 1.99. The van der Waals surface area contributed by atoms with Gasteiger partial charge in [-0.1, -0.05) is 48.5 Å². The van der Waals surface area contributed by atoms with Gasteiger partial charge in [0.05, 0.1) is 19.8 Å². The summed E-state index contributed by atoms with van der Waals surface area (Å²) >= 11 is 0. The van der Waals surface area contributed by atoms with Crippen LogP contribution in [-0.4, -0.2) is 20.0 Å². The molecule has 0 spiro atoms. The Labute approximate surface area is 141 Å². The second kappa shape index (κ2) is 7.01. The number of ketones is 1. The molecule has 24 heavy (non-hydrogen) atoms. The smallest absolute Gasteiger partial charge is 0.186 e. The molecular weight excluding hydrogens is 300 g/mol. The van der Waals surface area contributed by atoms with E-state index in [0.29, 0.717) is 17.1 Å². The summed E-state index contributed by atoms with van der Waals surface area (Å²) in [7, 11) is 3.19. The summed E-state index contributed by atoms with van der Waals surface area (Å²) in [4.78, 5) is 12.7. The zero-order valence-corrected chi connectivity index (χ0v) is 13.7. The number of benzene rings is 3. The van der Waals surface area contributed by atoms with Crippen LogP contribution < -0.4 is 9.47 Å². The number of ether oxygens (including phenoxy) is 2. The topological polar surface area (TPSA) is 35.5 Å². The summed E-state index contributed by atoms with van der Waals surface area (Å²) < 4.78 is 10.7. The molecule has 3 nitrogen and oxygen atoms in total. The first-order valence-electron chi connectivity index (χ1n) is 7.65. The largest absolute Gasteiger partial charge is 0.496 e. The van der Waals surface area contributed by atoms with Crippen molar-refractivity contribution in [2.75, 3.05) is 14.2 Å². The van der Waals surface area contributed by atoms with Crippen LogP contribution in [0.15, 0.2) is 66.7 Å². The van der Waals surface area contributed by atoms with Gasteiger partial charge in [-0.25, -0.2) is 0 Å². The third-order valence-electron chi connectivity index (χ3n) is 3.92. The highest BCUT2D eigenvalue weighted by molar-refractivity contribution is 6.14. The van der Waals surface area contributed by atoms with Crippen LogP contribution in [0, 0.1) is 0 Å². The average Bonchev–Trinajstić information content (AvgIpc) is 2.65. The zero-order valence-electron chi connectivity index (χ0n) is 13.7. The third kappa shape index (κ3) is 3.01. The van der Waals surface area contributed by atoms with Crippen LogP contribution in [0.3, 0.4) is 0 Å². The molecule has 3 aromatic carbocycles. The number of rotatable bonds is 5. The second-order valence-electron chi connectivity index (χ2n) is 5.30. The van der Waals surface area contributed by atoms with Crippen LogP contribution in [0.2, 0.25) is 0 Å². The third-order valence-corrected chi connectivity index (χ3v) is 3.92. The Kier molecular flexibility index (Phi) is 4.62. The van der Waals surface area contributed by atoms with Crippen molar-refractivity contribution in [2.45, 2.75) is 0 Å². The van der Waals surface area contributed by atoms with E-state index in [2.05, 4.69) is 0 Å². The Hall–Kier alpha value is -3.07. The fourth-order valence-electron chi connectivity index (χ4n) is 2.73. The van der Waals surface area contributed by atoms with Crippen molar-refractivity contribution in [1.82, 2.24) is 0 Å². The van der Waals surface area contributed by atoms with E-state index in [1.54, 1.807) is 26.4 Å². The van der Waals surface area contributed by atoms with Crippen LogP contribution in [0.5, 0.6) is 11.5 Å². The monoisotopic (exact) mass is 318 g/mol. The number of hydrogen-bond acceptors (Lipinski definition) is 3. The van der Waals surface area contributed by atoms with E-state index >= 15 is 0 Å². The molecule has 0 amide bonds. The maximum Gasteiger partial charge on any atom is 0.186 e. The Morgan fingerprint density at radius 3 is 2.17 bits per heavy atom. The molecule has 0 radical (unpaired) electrons. The number of allylic oxidation sites excluding steroid dienone is 1. The number of fused-ring (bicyclic) bond motifs is 1. The molecule has 0 unspecified atom stereocenters. The molecule has 3 heteroatoms. The lowest BCUT2D eigenvalue weighted by Crippen LogP contribution is -1.96. The van der Waals surface area contributed by atoms with Gasteiger partial charge in [0, 0.05) is 5.56 Å². The molecule has 0 aliphatic rings. The van der Waals surface area contributed by atoms with Crippen LogP contribution in [-0.2, 0) is 0 Å². The van der Waals surface area contributed by atoms with E-state index in [0.717, 1.165) is 16.3 Å². The molecule has 0 aromatic heterocycles. The summed E-state index contributed by atoms with van der Waals surface area (Å²) in [6.45, 7) is 0. The maximum atomic E-state index is 12.7. The first-order valence-corrected chi connectivity index (χ1v) is 7.65. The number of carbonyl (C=O) groups excluding carboxylic acids is 1. The minimum Gasteiger partial charge on any atom is -0.496 e. The highest BCUT2D eigenvalue weighted by Crippen LogP contribution is 2.30. The quantitative estimate of drug-likeness (QED) is 0.503. The summed E-state index contributed by atoms with van der Waals surface area (Å²) in [5, 5.41) is 1.99. The highest BCUT2D eigenvalue weighted by atomic mass is 16.5. The lowest BCUT2D eigenvalue weighted by molar-refractivity contribution is 0.104. The van der Waals surface area contributed by atoms with Gasteiger partial charge >= 0.3 is 0 Å². The number of methoxy groups -OCH3 is 2. The molecule has 120 valence electrons. The van der Waals surface area contributed by atoms with Crippen molar-refractivity contribution in [3.63, 3.8) is 0 Å². The lowest BCUT2D eigenvalue weighted by atomic mass is 10.0. The van der Waals surface area contributed by atoms with E-state index in [4.69, 9.17) is 9.47 Å². The highest BCUT2D eigenvalue weighted by Gasteiger charge is 2.09. The second-order valence-corrected chi connectivity index (χ2v) is 5.30. The molecule has 0 saturated carbocycles. The van der Waals surface area contributed by atoms with Crippen LogP contribution >= 0.6 is 0 Å². The molecule has 0 aliphatic carbocycles.